The van der Waals surface area contributed by atoms with E-state index in [9.17, 15) is 0 Å². The van der Waals surface area contributed by atoms with Crippen LogP contribution < -0.4 is 0 Å². The number of hydrogen-bond donors (Lipinski definition) is 0. The summed E-state index contributed by atoms with van der Waals surface area (Å²) in [7, 11) is 5.56. The van der Waals surface area contributed by atoms with E-state index < -0.39 is 0 Å². The zero-order valence-corrected chi connectivity index (χ0v) is 7.15. The normalized spacial score (nSPS) is 12.2. The van der Waals surface area contributed by atoms with E-state index in [4.69, 9.17) is 7.85 Å². The molecule has 2 radical (unpaired) electrons. The number of allylic oxidation sites excluding steroid dienone is 3. The molecule has 0 aliphatic rings. The predicted molar refractivity (Wildman–Crippen MR) is 48.1 cm³/mol. The molecule has 0 unspecified atom stereocenters. The zero-order chi connectivity index (χ0) is 8.15. The van der Waals surface area contributed by atoms with Crippen LogP contribution in [0.2, 0.25) is 0 Å². The van der Waals surface area contributed by atoms with Crippen LogP contribution in [-0.4, -0.2) is 7.85 Å². The van der Waals surface area contributed by atoms with Crippen molar-refractivity contribution in [3.05, 3.63) is 23.7 Å². The Morgan fingerprint density at radius 2 is 2.10 bits per heavy atom. The third kappa shape index (κ3) is 2.91. The Labute approximate surface area is 65.4 Å². The average molecular weight is 134 g/mol. The Balaban J connectivity index is 4.27. The highest BCUT2D eigenvalue weighted by Crippen LogP contribution is 2.15. The molecular weight excluding hydrogens is 119 g/mol. The number of rotatable bonds is 3. The molecule has 0 fully saturated rings. The smallest absolute Gasteiger partial charge is 0.106 e. The van der Waals surface area contributed by atoms with E-state index in [0.29, 0.717) is 11.4 Å². The van der Waals surface area contributed by atoms with Gasteiger partial charge in [0.05, 0.1) is 0 Å². The molecule has 0 saturated heterocycles. The van der Waals surface area contributed by atoms with E-state index in [1.54, 1.807) is 0 Å². The Morgan fingerprint density at radius 3 is 2.20 bits per heavy atom. The second-order valence-electron chi connectivity index (χ2n) is 2.75. The van der Waals surface area contributed by atoms with Crippen molar-refractivity contribution < 1.29 is 0 Å². The quantitative estimate of drug-likeness (QED) is 0.411. The van der Waals surface area contributed by atoms with Gasteiger partial charge in [-0.1, -0.05) is 32.4 Å². The minimum absolute atomic E-state index is 0.498. The van der Waals surface area contributed by atoms with Crippen LogP contribution in [0.25, 0.3) is 0 Å². The van der Waals surface area contributed by atoms with E-state index in [-0.39, 0.29) is 0 Å². The van der Waals surface area contributed by atoms with Gasteiger partial charge in [-0.3, -0.25) is 0 Å². The lowest BCUT2D eigenvalue weighted by molar-refractivity contribution is 0.782. The van der Waals surface area contributed by atoms with E-state index in [1.165, 1.54) is 5.57 Å². The maximum atomic E-state index is 5.56. The molecule has 0 aromatic rings. The average Bonchev–Trinajstić information content (AvgIpc) is 1.81. The van der Waals surface area contributed by atoms with Crippen molar-refractivity contribution in [2.45, 2.75) is 27.2 Å². The third-order valence-corrected chi connectivity index (χ3v) is 1.42. The second kappa shape index (κ2) is 4.37. The van der Waals surface area contributed by atoms with Gasteiger partial charge in [0.15, 0.2) is 0 Å². The van der Waals surface area contributed by atoms with Crippen LogP contribution in [0, 0.1) is 5.92 Å². The Morgan fingerprint density at radius 1 is 1.60 bits per heavy atom. The Hall–Kier alpha value is -0.455. The van der Waals surface area contributed by atoms with E-state index >= 15 is 0 Å². The summed E-state index contributed by atoms with van der Waals surface area (Å²) in [5.74, 6) is 0.498. The van der Waals surface area contributed by atoms with Gasteiger partial charge in [0.1, 0.15) is 7.85 Å². The molecular formula is C9H15B. The molecule has 0 nitrogen and oxygen atoms in total. The van der Waals surface area contributed by atoms with Gasteiger partial charge in [0, 0.05) is 0 Å². The van der Waals surface area contributed by atoms with Crippen LogP contribution >= 0.6 is 0 Å². The summed E-state index contributed by atoms with van der Waals surface area (Å²) < 4.78 is 0. The van der Waals surface area contributed by atoms with Crippen molar-refractivity contribution in [3.8, 4) is 0 Å². The Bertz CT molecular complexity index is 143. The van der Waals surface area contributed by atoms with Gasteiger partial charge >= 0.3 is 0 Å². The summed E-state index contributed by atoms with van der Waals surface area (Å²) in [5, 5.41) is 0. The van der Waals surface area contributed by atoms with Gasteiger partial charge in [-0.25, -0.2) is 0 Å². The maximum Gasteiger partial charge on any atom is 0.113 e. The van der Waals surface area contributed by atoms with Crippen LogP contribution in [0.4, 0.5) is 0 Å². The van der Waals surface area contributed by atoms with Gasteiger partial charge in [0.2, 0.25) is 0 Å². The molecule has 0 rings (SSSR count). The summed E-state index contributed by atoms with van der Waals surface area (Å²) in [6.45, 7) is 10.1. The summed E-state index contributed by atoms with van der Waals surface area (Å²) in [6, 6.07) is 0. The first kappa shape index (κ1) is 9.54. The first-order chi connectivity index (χ1) is 4.59. The first-order valence-corrected chi connectivity index (χ1v) is 3.74. The number of hydrogen-bond acceptors (Lipinski definition) is 0. The highest BCUT2D eigenvalue weighted by Gasteiger charge is 2.00. The van der Waals surface area contributed by atoms with Gasteiger partial charge in [-0.2, -0.15) is 0 Å². The lowest BCUT2D eigenvalue weighted by Gasteiger charge is -2.10. The van der Waals surface area contributed by atoms with Crippen molar-refractivity contribution in [1.82, 2.24) is 0 Å². The molecule has 0 aliphatic heterocycles. The third-order valence-electron chi connectivity index (χ3n) is 1.42. The van der Waals surface area contributed by atoms with Crippen molar-refractivity contribution in [3.63, 3.8) is 0 Å². The molecule has 0 aromatic carbocycles. The van der Waals surface area contributed by atoms with Gasteiger partial charge in [-0.15, -0.1) is 12.1 Å². The summed E-state index contributed by atoms with van der Waals surface area (Å²) in [5.41, 5.74) is 1.89. The van der Waals surface area contributed by atoms with Gasteiger partial charge < -0.3 is 0 Å². The monoisotopic (exact) mass is 134 g/mol. The SMILES string of the molecule is [B]C(=C)C(=CCC)C(C)C. The van der Waals surface area contributed by atoms with Crippen molar-refractivity contribution in [2.75, 3.05) is 0 Å². The molecule has 0 saturated carbocycles. The fraction of sp³-hybridized carbons (Fsp3) is 0.556. The topological polar surface area (TPSA) is 0 Å². The summed E-state index contributed by atoms with van der Waals surface area (Å²) in [6.07, 6.45) is 3.16. The predicted octanol–water partition coefficient (Wildman–Crippen LogP) is 2.66. The lowest BCUT2D eigenvalue weighted by Crippen LogP contribution is -1.96. The molecule has 10 heavy (non-hydrogen) atoms. The van der Waals surface area contributed by atoms with E-state index in [1.807, 2.05) is 0 Å². The molecule has 0 spiro atoms. The highest BCUT2D eigenvalue weighted by atomic mass is 14.0. The van der Waals surface area contributed by atoms with E-state index in [0.717, 1.165) is 6.42 Å². The molecule has 1 heteroatoms. The standard InChI is InChI=1S/C9H15B/c1-5-6-9(7(2)3)8(4)10/h6-7H,4-5H2,1-3H3. The fourth-order valence-electron chi connectivity index (χ4n) is 0.958. The van der Waals surface area contributed by atoms with E-state index in [2.05, 4.69) is 33.4 Å². The van der Waals surface area contributed by atoms with Crippen LogP contribution in [0.1, 0.15) is 27.2 Å². The van der Waals surface area contributed by atoms with Crippen molar-refractivity contribution in [2.24, 2.45) is 5.92 Å². The van der Waals surface area contributed by atoms with Gasteiger partial charge in [-0.05, 0) is 12.3 Å². The molecule has 0 aliphatic carbocycles. The zero-order valence-electron chi connectivity index (χ0n) is 7.15. The van der Waals surface area contributed by atoms with Crippen molar-refractivity contribution >= 4 is 7.85 Å². The van der Waals surface area contributed by atoms with Crippen LogP contribution in [0.15, 0.2) is 23.7 Å². The van der Waals surface area contributed by atoms with Crippen LogP contribution in [-0.2, 0) is 0 Å². The lowest BCUT2D eigenvalue weighted by atomic mass is 9.83. The molecule has 0 atom stereocenters. The summed E-state index contributed by atoms with van der Waals surface area (Å²) in [4.78, 5) is 0. The minimum Gasteiger partial charge on any atom is -0.106 e. The largest absolute Gasteiger partial charge is 0.113 e. The van der Waals surface area contributed by atoms with Crippen molar-refractivity contribution in [1.29, 1.82) is 0 Å². The molecule has 0 aromatic heterocycles. The summed E-state index contributed by atoms with van der Waals surface area (Å²) >= 11 is 0. The van der Waals surface area contributed by atoms with Crippen LogP contribution in [0.5, 0.6) is 0 Å². The highest BCUT2D eigenvalue weighted by molar-refractivity contribution is 6.23. The first-order valence-electron chi connectivity index (χ1n) is 3.74. The molecule has 0 N–H and O–H groups in total. The molecule has 54 valence electrons. The molecule has 0 heterocycles. The van der Waals surface area contributed by atoms with Gasteiger partial charge in [0.25, 0.3) is 0 Å². The molecule has 0 amide bonds. The maximum absolute atomic E-state index is 5.56. The Kier molecular flexibility index (Phi) is 4.18. The minimum atomic E-state index is 0.498. The second-order valence-corrected chi connectivity index (χ2v) is 2.75. The molecule has 0 bridgehead atoms. The van der Waals surface area contributed by atoms with Crippen LogP contribution in [0.3, 0.4) is 0 Å². The fourth-order valence-corrected chi connectivity index (χ4v) is 0.958.